The van der Waals surface area contributed by atoms with E-state index in [0.717, 1.165) is 38.0 Å². The van der Waals surface area contributed by atoms with Crippen molar-refractivity contribution >= 4 is 17.7 Å². The summed E-state index contributed by atoms with van der Waals surface area (Å²) in [6, 6.07) is 0. The van der Waals surface area contributed by atoms with Crippen molar-refractivity contribution in [2.75, 3.05) is 24.7 Å². The number of ether oxygens (including phenoxy) is 1. The zero-order valence-corrected chi connectivity index (χ0v) is 13.5. The molecule has 0 radical (unpaired) electrons. The van der Waals surface area contributed by atoms with E-state index in [1.807, 2.05) is 18.7 Å². The van der Waals surface area contributed by atoms with Crippen molar-refractivity contribution in [3.8, 4) is 0 Å². The van der Waals surface area contributed by atoms with Gasteiger partial charge in [-0.15, -0.1) is 0 Å². The van der Waals surface area contributed by atoms with E-state index in [-0.39, 0.29) is 5.97 Å². The first kappa shape index (κ1) is 16.8. The van der Waals surface area contributed by atoms with Crippen LogP contribution in [0.2, 0.25) is 0 Å². The molecule has 2 unspecified atom stereocenters. The van der Waals surface area contributed by atoms with E-state index < -0.39 is 5.54 Å². The quantitative estimate of drug-likeness (QED) is 0.522. The third-order valence-corrected chi connectivity index (χ3v) is 5.13. The smallest absolute Gasteiger partial charge is 0.326 e. The molecule has 0 aromatic carbocycles. The molecule has 112 valence electrons. The Bertz CT molecular complexity index is 273. The summed E-state index contributed by atoms with van der Waals surface area (Å²) in [6.07, 6.45) is 5.57. The number of likely N-dealkylation sites (N-methyl/N-ethyl adjacent to an activating group) is 1. The topological polar surface area (TPSA) is 38.3 Å². The standard InChI is InChI=1S/C15H29NO2S/c1-4-11-19-12-9-13-8-7-10-15(13,16-5-2)14(17)18-6-3/h13,16H,4-12H2,1-3H3. The lowest BCUT2D eigenvalue weighted by Gasteiger charge is -2.34. The van der Waals surface area contributed by atoms with Gasteiger partial charge in [0, 0.05) is 0 Å². The number of esters is 1. The second-order valence-electron chi connectivity index (χ2n) is 5.21. The fraction of sp³-hybridized carbons (Fsp3) is 0.933. The van der Waals surface area contributed by atoms with Gasteiger partial charge in [-0.2, -0.15) is 11.8 Å². The van der Waals surface area contributed by atoms with Gasteiger partial charge < -0.3 is 10.1 Å². The van der Waals surface area contributed by atoms with Crippen LogP contribution in [0.3, 0.4) is 0 Å². The Balaban J connectivity index is 2.62. The van der Waals surface area contributed by atoms with Crippen LogP contribution < -0.4 is 5.32 Å². The molecule has 4 heteroatoms. The maximum Gasteiger partial charge on any atom is 0.326 e. The van der Waals surface area contributed by atoms with E-state index >= 15 is 0 Å². The number of carbonyl (C=O) groups is 1. The number of hydrogen-bond acceptors (Lipinski definition) is 4. The van der Waals surface area contributed by atoms with E-state index in [0.29, 0.717) is 12.5 Å². The summed E-state index contributed by atoms with van der Waals surface area (Å²) in [5.41, 5.74) is -0.405. The van der Waals surface area contributed by atoms with Gasteiger partial charge in [0.25, 0.3) is 0 Å². The summed E-state index contributed by atoms with van der Waals surface area (Å²) in [5, 5.41) is 3.45. The Labute approximate surface area is 122 Å². The summed E-state index contributed by atoms with van der Waals surface area (Å²) < 4.78 is 5.33. The normalized spacial score (nSPS) is 26.6. The zero-order chi connectivity index (χ0) is 14.1. The van der Waals surface area contributed by atoms with Crippen molar-refractivity contribution in [3.63, 3.8) is 0 Å². The highest BCUT2D eigenvalue weighted by Crippen LogP contribution is 2.39. The third kappa shape index (κ3) is 4.38. The number of thioether (sulfide) groups is 1. The lowest BCUT2D eigenvalue weighted by molar-refractivity contribution is -0.153. The van der Waals surface area contributed by atoms with Gasteiger partial charge in [-0.1, -0.05) is 20.3 Å². The molecule has 0 heterocycles. The van der Waals surface area contributed by atoms with Crippen LogP contribution in [0.25, 0.3) is 0 Å². The Morgan fingerprint density at radius 2 is 2.16 bits per heavy atom. The molecule has 1 fully saturated rings. The van der Waals surface area contributed by atoms with Gasteiger partial charge in [-0.05, 0) is 56.6 Å². The minimum atomic E-state index is -0.405. The average Bonchev–Trinajstić information content (AvgIpc) is 2.80. The predicted molar refractivity (Wildman–Crippen MR) is 82.6 cm³/mol. The lowest BCUT2D eigenvalue weighted by Crippen LogP contribution is -2.55. The van der Waals surface area contributed by atoms with E-state index in [1.165, 1.54) is 12.2 Å². The van der Waals surface area contributed by atoms with Crippen molar-refractivity contribution in [3.05, 3.63) is 0 Å². The molecule has 19 heavy (non-hydrogen) atoms. The van der Waals surface area contributed by atoms with Gasteiger partial charge in [-0.3, -0.25) is 4.79 Å². The van der Waals surface area contributed by atoms with Crippen LogP contribution in [0.4, 0.5) is 0 Å². The van der Waals surface area contributed by atoms with Crippen LogP contribution in [-0.4, -0.2) is 36.2 Å². The van der Waals surface area contributed by atoms with Gasteiger partial charge in [-0.25, -0.2) is 0 Å². The number of carbonyl (C=O) groups excluding carboxylic acids is 1. The predicted octanol–water partition coefficient (Wildman–Crippen LogP) is 3.23. The minimum Gasteiger partial charge on any atom is -0.465 e. The Kier molecular flexibility index (Phi) is 7.84. The molecule has 0 saturated heterocycles. The maximum absolute atomic E-state index is 12.4. The van der Waals surface area contributed by atoms with Gasteiger partial charge >= 0.3 is 5.97 Å². The average molecular weight is 287 g/mol. The molecular formula is C15H29NO2S. The van der Waals surface area contributed by atoms with E-state index in [9.17, 15) is 4.79 Å². The Morgan fingerprint density at radius 1 is 1.37 bits per heavy atom. The van der Waals surface area contributed by atoms with Crippen LogP contribution in [0.1, 0.15) is 52.9 Å². The summed E-state index contributed by atoms with van der Waals surface area (Å²) in [5.74, 6) is 2.79. The first-order chi connectivity index (χ1) is 9.21. The third-order valence-electron chi connectivity index (χ3n) is 3.91. The number of nitrogens with one attached hydrogen (secondary N) is 1. The molecule has 2 atom stereocenters. The summed E-state index contributed by atoms with van der Waals surface area (Å²) in [7, 11) is 0. The van der Waals surface area contributed by atoms with Gasteiger partial charge in [0.15, 0.2) is 0 Å². The molecule has 1 aliphatic rings. The molecule has 0 aliphatic heterocycles. The molecule has 0 aromatic heterocycles. The first-order valence-corrected chi connectivity index (χ1v) is 8.86. The van der Waals surface area contributed by atoms with Gasteiger partial charge in [0.2, 0.25) is 0 Å². The van der Waals surface area contributed by atoms with Crippen LogP contribution in [0.5, 0.6) is 0 Å². The molecule has 3 nitrogen and oxygen atoms in total. The highest BCUT2D eigenvalue weighted by Gasteiger charge is 2.49. The lowest BCUT2D eigenvalue weighted by atomic mass is 9.85. The van der Waals surface area contributed by atoms with Crippen LogP contribution >= 0.6 is 11.8 Å². The molecule has 1 rings (SSSR count). The first-order valence-electron chi connectivity index (χ1n) is 7.71. The van der Waals surface area contributed by atoms with E-state index in [2.05, 4.69) is 19.2 Å². The molecule has 0 aromatic rings. The monoisotopic (exact) mass is 287 g/mol. The molecule has 0 amide bonds. The van der Waals surface area contributed by atoms with E-state index in [1.54, 1.807) is 0 Å². The minimum absolute atomic E-state index is 0.0279. The molecule has 1 aliphatic carbocycles. The maximum atomic E-state index is 12.4. The highest BCUT2D eigenvalue weighted by atomic mass is 32.2. The molecule has 0 spiro atoms. The van der Waals surface area contributed by atoms with Crippen LogP contribution in [0.15, 0.2) is 0 Å². The van der Waals surface area contributed by atoms with Crippen LogP contribution in [-0.2, 0) is 9.53 Å². The largest absolute Gasteiger partial charge is 0.465 e. The van der Waals surface area contributed by atoms with Crippen LogP contribution in [0, 0.1) is 5.92 Å². The second-order valence-corrected chi connectivity index (χ2v) is 6.44. The molecule has 0 bridgehead atoms. The fourth-order valence-corrected chi connectivity index (χ4v) is 4.03. The van der Waals surface area contributed by atoms with Crippen molar-refractivity contribution in [1.29, 1.82) is 0 Å². The van der Waals surface area contributed by atoms with Gasteiger partial charge in [0.1, 0.15) is 5.54 Å². The molecular weight excluding hydrogens is 258 g/mol. The van der Waals surface area contributed by atoms with Crippen molar-refractivity contribution in [2.45, 2.75) is 58.4 Å². The zero-order valence-electron chi connectivity index (χ0n) is 12.7. The van der Waals surface area contributed by atoms with Crippen molar-refractivity contribution in [1.82, 2.24) is 5.32 Å². The number of hydrogen-bond donors (Lipinski definition) is 1. The van der Waals surface area contributed by atoms with Gasteiger partial charge in [0.05, 0.1) is 6.61 Å². The summed E-state index contributed by atoms with van der Waals surface area (Å²) in [6.45, 7) is 7.48. The van der Waals surface area contributed by atoms with Crippen molar-refractivity contribution in [2.24, 2.45) is 5.92 Å². The second kappa shape index (κ2) is 8.85. The summed E-state index contributed by atoms with van der Waals surface area (Å²) >= 11 is 2.00. The SMILES string of the molecule is CCCSCCC1CCCC1(NCC)C(=O)OCC. The Morgan fingerprint density at radius 3 is 2.79 bits per heavy atom. The van der Waals surface area contributed by atoms with Crippen molar-refractivity contribution < 1.29 is 9.53 Å². The summed E-state index contributed by atoms with van der Waals surface area (Å²) in [4.78, 5) is 12.4. The van der Waals surface area contributed by atoms with E-state index in [4.69, 9.17) is 4.74 Å². The fourth-order valence-electron chi connectivity index (χ4n) is 3.09. The highest BCUT2D eigenvalue weighted by molar-refractivity contribution is 7.99. The Hall–Kier alpha value is -0.220. The molecule has 1 saturated carbocycles. The molecule has 1 N–H and O–H groups in total. The number of rotatable bonds is 9.